The van der Waals surface area contributed by atoms with Crippen molar-refractivity contribution in [1.29, 1.82) is 0 Å². The predicted molar refractivity (Wildman–Crippen MR) is 121 cm³/mol. The van der Waals surface area contributed by atoms with Gasteiger partial charge in [0.2, 0.25) is 5.91 Å². The fraction of sp³-hybridized carbons (Fsp3) is 0.391. The molecule has 1 aliphatic heterocycles. The summed E-state index contributed by atoms with van der Waals surface area (Å²) in [5, 5.41) is 6.37. The van der Waals surface area contributed by atoms with Gasteiger partial charge in [0.1, 0.15) is 6.04 Å². The molecule has 7 heteroatoms. The fourth-order valence-electron chi connectivity index (χ4n) is 3.51. The highest BCUT2D eigenvalue weighted by molar-refractivity contribution is 6.30. The summed E-state index contributed by atoms with van der Waals surface area (Å²) in [6, 6.07) is 16.1. The first kappa shape index (κ1) is 22.1. The number of para-hydroxylation sites is 1. The Morgan fingerprint density at radius 3 is 2.20 bits per heavy atom. The first-order valence-electron chi connectivity index (χ1n) is 10.3. The van der Waals surface area contributed by atoms with E-state index >= 15 is 0 Å². The number of rotatable bonds is 6. The van der Waals surface area contributed by atoms with E-state index in [2.05, 4.69) is 15.5 Å². The van der Waals surface area contributed by atoms with Crippen LogP contribution in [0, 0.1) is 5.92 Å². The molecule has 0 bridgehead atoms. The van der Waals surface area contributed by atoms with Crippen molar-refractivity contribution in [2.45, 2.75) is 26.4 Å². The number of halogens is 1. The van der Waals surface area contributed by atoms with Crippen molar-refractivity contribution in [3.63, 3.8) is 0 Å². The van der Waals surface area contributed by atoms with Gasteiger partial charge >= 0.3 is 6.03 Å². The summed E-state index contributed by atoms with van der Waals surface area (Å²) in [5.41, 5.74) is 1.90. The lowest BCUT2D eigenvalue weighted by molar-refractivity contribution is -0.136. The first-order valence-corrected chi connectivity index (χ1v) is 10.7. The van der Waals surface area contributed by atoms with E-state index in [1.807, 2.05) is 73.3 Å². The number of carbonyl (C=O) groups is 2. The van der Waals surface area contributed by atoms with E-state index < -0.39 is 6.04 Å². The first-order chi connectivity index (χ1) is 14.4. The normalized spacial score (nSPS) is 15.7. The topological polar surface area (TPSA) is 64.7 Å². The number of benzene rings is 2. The Hall–Kier alpha value is -2.57. The molecule has 0 spiro atoms. The van der Waals surface area contributed by atoms with Crippen LogP contribution in [0.5, 0.6) is 0 Å². The van der Waals surface area contributed by atoms with Crippen molar-refractivity contribution in [2.75, 3.05) is 31.5 Å². The lowest BCUT2D eigenvalue weighted by Gasteiger charge is -2.37. The van der Waals surface area contributed by atoms with Gasteiger partial charge in [-0.05, 0) is 35.7 Å². The molecule has 1 aliphatic rings. The molecule has 3 rings (SSSR count). The van der Waals surface area contributed by atoms with Crippen molar-refractivity contribution in [1.82, 2.24) is 15.1 Å². The fourth-order valence-corrected chi connectivity index (χ4v) is 3.64. The predicted octanol–water partition coefficient (Wildman–Crippen LogP) is 3.83. The number of anilines is 1. The Morgan fingerprint density at radius 1 is 0.967 bits per heavy atom. The van der Waals surface area contributed by atoms with Crippen LogP contribution in [-0.4, -0.2) is 54.0 Å². The van der Waals surface area contributed by atoms with E-state index in [0.29, 0.717) is 18.8 Å². The van der Waals surface area contributed by atoms with Crippen molar-refractivity contribution in [3.8, 4) is 0 Å². The van der Waals surface area contributed by atoms with Crippen molar-refractivity contribution >= 4 is 29.2 Å². The summed E-state index contributed by atoms with van der Waals surface area (Å²) in [7, 11) is 0. The largest absolute Gasteiger partial charge is 0.338 e. The average Bonchev–Trinajstić information content (AvgIpc) is 2.74. The van der Waals surface area contributed by atoms with Crippen molar-refractivity contribution < 1.29 is 9.59 Å². The molecule has 2 aromatic rings. The second-order valence-corrected chi connectivity index (χ2v) is 8.35. The van der Waals surface area contributed by atoms with Gasteiger partial charge in [-0.2, -0.15) is 0 Å². The van der Waals surface area contributed by atoms with Crippen LogP contribution in [0.2, 0.25) is 5.02 Å². The van der Waals surface area contributed by atoms with Gasteiger partial charge < -0.3 is 15.5 Å². The molecule has 2 N–H and O–H groups in total. The minimum absolute atomic E-state index is 0.00822. The Bertz CT molecular complexity index is 834. The minimum atomic E-state index is -0.559. The van der Waals surface area contributed by atoms with Gasteiger partial charge in [-0.1, -0.05) is 55.8 Å². The van der Waals surface area contributed by atoms with Gasteiger partial charge in [0.05, 0.1) is 0 Å². The Balaban J connectivity index is 1.52. The Labute approximate surface area is 183 Å². The van der Waals surface area contributed by atoms with E-state index in [0.717, 1.165) is 24.7 Å². The third-order valence-electron chi connectivity index (χ3n) is 5.25. The summed E-state index contributed by atoms with van der Waals surface area (Å²) >= 11 is 5.95. The number of urea groups is 1. The number of nitrogens with one attached hydrogen (secondary N) is 2. The highest BCUT2D eigenvalue weighted by Crippen LogP contribution is 2.15. The number of hydrogen-bond acceptors (Lipinski definition) is 3. The highest BCUT2D eigenvalue weighted by Gasteiger charge is 2.30. The molecule has 30 heavy (non-hydrogen) atoms. The van der Waals surface area contributed by atoms with Crippen molar-refractivity contribution in [3.05, 3.63) is 65.2 Å². The third kappa shape index (κ3) is 6.21. The van der Waals surface area contributed by atoms with Gasteiger partial charge in [-0.25, -0.2) is 4.79 Å². The second-order valence-electron chi connectivity index (χ2n) is 7.91. The lowest BCUT2D eigenvalue weighted by Crippen LogP contribution is -2.56. The van der Waals surface area contributed by atoms with Crippen molar-refractivity contribution in [2.24, 2.45) is 5.92 Å². The number of piperazine rings is 1. The number of carbonyl (C=O) groups excluding carboxylic acids is 2. The van der Waals surface area contributed by atoms with Gasteiger partial charge in [-0.15, -0.1) is 0 Å². The smallest absolute Gasteiger partial charge is 0.319 e. The summed E-state index contributed by atoms with van der Waals surface area (Å²) in [6.45, 7) is 7.63. The number of nitrogens with zero attached hydrogens (tertiary/aromatic N) is 2. The zero-order valence-electron chi connectivity index (χ0n) is 17.5. The molecule has 1 heterocycles. The van der Waals surface area contributed by atoms with E-state index in [-0.39, 0.29) is 17.9 Å². The summed E-state index contributed by atoms with van der Waals surface area (Å²) in [6.07, 6.45) is 0. The Morgan fingerprint density at radius 2 is 1.60 bits per heavy atom. The molecule has 1 atom stereocenters. The number of amides is 3. The highest BCUT2D eigenvalue weighted by atomic mass is 35.5. The van der Waals surface area contributed by atoms with Crippen LogP contribution in [0.4, 0.5) is 10.5 Å². The standard InChI is InChI=1S/C23H29ClN4O2/c1-17(2)21(26-23(30)25-20-6-4-3-5-7-20)22(29)28-14-12-27(13-15-28)16-18-8-10-19(24)11-9-18/h3-11,17,21H,12-16H2,1-2H3,(H2,25,26,30). The van der Waals surface area contributed by atoms with Crippen LogP contribution in [0.15, 0.2) is 54.6 Å². The van der Waals surface area contributed by atoms with E-state index in [4.69, 9.17) is 11.6 Å². The molecule has 1 fully saturated rings. The average molecular weight is 429 g/mol. The van der Waals surface area contributed by atoms with Gasteiger partial charge in [0.25, 0.3) is 0 Å². The molecule has 3 amide bonds. The molecule has 0 aliphatic carbocycles. The monoisotopic (exact) mass is 428 g/mol. The summed E-state index contributed by atoms with van der Waals surface area (Å²) in [5.74, 6) is -0.0366. The second kappa shape index (κ2) is 10.5. The zero-order chi connectivity index (χ0) is 21.5. The maximum absolute atomic E-state index is 13.1. The molecule has 0 aromatic heterocycles. The van der Waals surface area contributed by atoms with Gasteiger partial charge in [0, 0.05) is 43.4 Å². The van der Waals surface area contributed by atoms with Crippen LogP contribution >= 0.6 is 11.6 Å². The maximum Gasteiger partial charge on any atom is 0.319 e. The molecule has 1 unspecified atom stereocenters. The summed E-state index contributed by atoms with van der Waals surface area (Å²) in [4.78, 5) is 29.6. The molecule has 160 valence electrons. The van der Waals surface area contributed by atoms with Crippen LogP contribution in [0.1, 0.15) is 19.4 Å². The van der Waals surface area contributed by atoms with Crippen LogP contribution in [0.25, 0.3) is 0 Å². The molecule has 1 saturated heterocycles. The van der Waals surface area contributed by atoms with Gasteiger partial charge in [-0.3, -0.25) is 9.69 Å². The maximum atomic E-state index is 13.1. The lowest BCUT2D eigenvalue weighted by atomic mass is 10.0. The zero-order valence-corrected chi connectivity index (χ0v) is 18.2. The Kier molecular flexibility index (Phi) is 7.71. The van der Waals surface area contributed by atoms with E-state index in [1.54, 1.807) is 0 Å². The van der Waals surface area contributed by atoms with Crippen LogP contribution in [-0.2, 0) is 11.3 Å². The molecule has 2 aromatic carbocycles. The number of hydrogen-bond donors (Lipinski definition) is 2. The molecular formula is C23H29ClN4O2. The van der Waals surface area contributed by atoms with Gasteiger partial charge in [0.15, 0.2) is 0 Å². The SMILES string of the molecule is CC(C)C(NC(=O)Nc1ccccc1)C(=O)N1CCN(Cc2ccc(Cl)cc2)CC1. The molecule has 6 nitrogen and oxygen atoms in total. The van der Waals surface area contributed by atoms with Crippen LogP contribution < -0.4 is 10.6 Å². The molecule has 0 saturated carbocycles. The molecule has 0 radical (unpaired) electrons. The minimum Gasteiger partial charge on any atom is -0.338 e. The van der Waals surface area contributed by atoms with Crippen LogP contribution in [0.3, 0.4) is 0 Å². The van der Waals surface area contributed by atoms with E-state index in [9.17, 15) is 9.59 Å². The van der Waals surface area contributed by atoms with E-state index in [1.165, 1.54) is 5.56 Å². The molecular weight excluding hydrogens is 400 g/mol. The third-order valence-corrected chi connectivity index (χ3v) is 5.51. The summed E-state index contributed by atoms with van der Waals surface area (Å²) < 4.78 is 0. The quantitative estimate of drug-likeness (QED) is 0.734.